The molecule has 1 heterocycles. The van der Waals surface area contributed by atoms with Gasteiger partial charge in [-0.05, 0) is 120 Å². The van der Waals surface area contributed by atoms with Crippen molar-refractivity contribution in [1.29, 1.82) is 0 Å². The molecule has 2 heteroatoms. The van der Waals surface area contributed by atoms with E-state index in [1.54, 1.807) is 0 Å². The second-order valence-corrected chi connectivity index (χ2v) is 14.1. The molecular formula is C48H34N2. The first-order chi connectivity index (χ1) is 24.5. The van der Waals surface area contributed by atoms with Crippen molar-refractivity contribution >= 4 is 60.2 Å². The van der Waals surface area contributed by atoms with E-state index in [1.807, 2.05) is 18.3 Å². The average molecular weight is 639 g/mol. The zero-order valence-electron chi connectivity index (χ0n) is 28.1. The fourth-order valence-corrected chi connectivity index (χ4v) is 8.48. The maximum Gasteiger partial charge on any atom is 0.0702 e. The lowest BCUT2D eigenvalue weighted by Gasteiger charge is -2.28. The Morgan fingerprint density at radius 1 is 0.420 bits per heavy atom. The molecule has 0 aliphatic heterocycles. The lowest BCUT2D eigenvalue weighted by atomic mass is 9.78. The molecule has 1 aromatic heterocycles. The highest BCUT2D eigenvalue weighted by Crippen LogP contribution is 2.54. The summed E-state index contributed by atoms with van der Waals surface area (Å²) in [6, 6.07) is 60.0. The van der Waals surface area contributed by atoms with Crippen LogP contribution < -0.4 is 4.90 Å². The van der Waals surface area contributed by atoms with Crippen molar-refractivity contribution in [1.82, 2.24) is 4.98 Å². The average Bonchev–Trinajstić information content (AvgIpc) is 3.41. The van der Waals surface area contributed by atoms with E-state index >= 15 is 0 Å². The summed E-state index contributed by atoms with van der Waals surface area (Å²) in [5, 5.41) is 10.1. The molecule has 236 valence electrons. The number of anilines is 3. The molecule has 2 nitrogen and oxygen atoms in total. The predicted octanol–water partition coefficient (Wildman–Crippen LogP) is 13.1. The first-order valence-corrected chi connectivity index (χ1v) is 17.4. The Morgan fingerprint density at radius 2 is 0.900 bits per heavy atom. The highest BCUT2D eigenvalue weighted by Gasteiger charge is 2.38. The zero-order valence-corrected chi connectivity index (χ0v) is 28.1. The van der Waals surface area contributed by atoms with Gasteiger partial charge in [-0.15, -0.1) is 0 Å². The third-order valence-corrected chi connectivity index (χ3v) is 10.8. The molecule has 0 saturated heterocycles. The molecule has 1 aliphatic rings. The number of pyridine rings is 1. The zero-order chi connectivity index (χ0) is 33.4. The van der Waals surface area contributed by atoms with E-state index in [0.717, 1.165) is 28.3 Å². The number of nitrogens with zero attached hydrogens (tertiary/aromatic N) is 2. The molecule has 0 N–H and O–H groups in total. The van der Waals surface area contributed by atoms with Crippen molar-refractivity contribution in [3.05, 3.63) is 181 Å². The fraction of sp³-hybridized carbons (Fsp3) is 0.0625. The first kappa shape index (κ1) is 28.7. The molecule has 0 unspecified atom stereocenters. The van der Waals surface area contributed by atoms with E-state index < -0.39 is 0 Å². The van der Waals surface area contributed by atoms with Crippen LogP contribution in [0.5, 0.6) is 0 Å². The standard InChI is InChI=1S/C48H34N2/c1-48(2)46-41-22-18-37(45-13-7-8-26-49-45)27-35(41)16-23-43(46)44-24-17-36-30-40(21-25-42(36)47(44)48)50(38-19-14-31-9-3-5-11-33(31)28-38)39-20-15-32-10-4-6-12-34(32)29-39/h3-30H,1-2H3. The molecular weight excluding hydrogens is 605 g/mol. The Labute approximate surface area is 291 Å². The van der Waals surface area contributed by atoms with Gasteiger partial charge in [-0.25, -0.2) is 0 Å². The lowest BCUT2D eigenvalue weighted by Crippen LogP contribution is -2.16. The van der Waals surface area contributed by atoms with Crippen LogP contribution >= 0.6 is 0 Å². The van der Waals surface area contributed by atoms with E-state index in [4.69, 9.17) is 0 Å². The van der Waals surface area contributed by atoms with Crippen molar-refractivity contribution in [2.24, 2.45) is 0 Å². The summed E-state index contributed by atoms with van der Waals surface area (Å²) in [6.45, 7) is 4.79. The van der Waals surface area contributed by atoms with Crippen LogP contribution in [-0.4, -0.2) is 4.98 Å². The summed E-state index contributed by atoms with van der Waals surface area (Å²) in [4.78, 5) is 7.01. The van der Waals surface area contributed by atoms with Crippen molar-refractivity contribution in [2.75, 3.05) is 4.90 Å². The van der Waals surface area contributed by atoms with Gasteiger partial charge >= 0.3 is 0 Å². The quantitative estimate of drug-likeness (QED) is 0.191. The number of fused-ring (bicyclic) bond motifs is 9. The second kappa shape index (κ2) is 10.9. The van der Waals surface area contributed by atoms with Crippen LogP contribution in [0.2, 0.25) is 0 Å². The molecule has 0 atom stereocenters. The monoisotopic (exact) mass is 638 g/mol. The van der Waals surface area contributed by atoms with Crippen LogP contribution in [0.15, 0.2) is 170 Å². The van der Waals surface area contributed by atoms with E-state index in [1.165, 1.54) is 65.3 Å². The molecule has 50 heavy (non-hydrogen) atoms. The lowest BCUT2D eigenvalue weighted by molar-refractivity contribution is 0.672. The molecule has 0 fully saturated rings. The Kier molecular flexibility index (Phi) is 6.25. The summed E-state index contributed by atoms with van der Waals surface area (Å²) in [7, 11) is 0. The molecule has 10 rings (SSSR count). The molecule has 1 aliphatic carbocycles. The van der Waals surface area contributed by atoms with Crippen molar-refractivity contribution < 1.29 is 0 Å². The van der Waals surface area contributed by atoms with Crippen LogP contribution in [0, 0.1) is 0 Å². The third-order valence-electron chi connectivity index (χ3n) is 10.8. The molecule has 9 aromatic rings. The number of benzene rings is 8. The number of hydrogen-bond donors (Lipinski definition) is 0. The van der Waals surface area contributed by atoms with Crippen molar-refractivity contribution in [3.8, 4) is 22.4 Å². The summed E-state index contributed by atoms with van der Waals surface area (Å²) in [6.07, 6.45) is 1.86. The van der Waals surface area contributed by atoms with Crippen molar-refractivity contribution in [2.45, 2.75) is 19.3 Å². The van der Waals surface area contributed by atoms with Gasteiger partial charge < -0.3 is 4.90 Å². The van der Waals surface area contributed by atoms with Crippen LogP contribution in [0.3, 0.4) is 0 Å². The van der Waals surface area contributed by atoms with Gasteiger partial charge in [-0.2, -0.15) is 0 Å². The Balaban J connectivity index is 1.12. The first-order valence-electron chi connectivity index (χ1n) is 17.4. The molecule has 8 aromatic carbocycles. The summed E-state index contributed by atoms with van der Waals surface area (Å²) >= 11 is 0. The summed E-state index contributed by atoms with van der Waals surface area (Å²) in [5.41, 5.74) is 10.9. The van der Waals surface area contributed by atoms with E-state index in [2.05, 4.69) is 175 Å². The van der Waals surface area contributed by atoms with Gasteiger partial charge in [0.05, 0.1) is 5.69 Å². The smallest absolute Gasteiger partial charge is 0.0702 e. The second-order valence-electron chi connectivity index (χ2n) is 14.1. The van der Waals surface area contributed by atoms with Crippen LogP contribution in [0.25, 0.3) is 65.5 Å². The van der Waals surface area contributed by atoms with Gasteiger partial charge in [0.1, 0.15) is 0 Å². The minimum absolute atomic E-state index is 0.173. The minimum Gasteiger partial charge on any atom is -0.310 e. The molecule has 0 amide bonds. The normalized spacial score (nSPS) is 13.2. The van der Waals surface area contributed by atoms with E-state index in [9.17, 15) is 0 Å². The molecule has 0 radical (unpaired) electrons. The van der Waals surface area contributed by atoms with Crippen LogP contribution in [0.1, 0.15) is 25.0 Å². The summed E-state index contributed by atoms with van der Waals surface area (Å²) in [5.74, 6) is 0. The molecule has 0 saturated carbocycles. The predicted molar refractivity (Wildman–Crippen MR) is 212 cm³/mol. The van der Waals surface area contributed by atoms with Gasteiger partial charge in [0.15, 0.2) is 0 Å². The maximum atomic E-state index is 4.60. The molecule has 0 bridgehead atoms. The van der Waals surface area contributed by atoms with Crippen LogP contribution in [-0.2, 0) is 5.41 Å². The minimum atomic E-state index is -0.173. The number of rotatable bonds is 4. The van der Waals surface area contributed by atoms with Gasteiger partial charge in [-0.1, -0.05) is 123 Å². The summed E-state index contributed by atoms with van der Waals surface area (Å²) < 4.78 is 0. The Bertz CT molecular complexity index is 2720. The van der Waals surface area contributed by atoms with Crippen molar-refractivity contribution in [3.63, 3.8) is 0 Å². The van der Waals surface area contributed by atoms with Gasteiger partial charge in [0.25, 0.3) is 0 Å². The fourth-order valence-electron chi connectivity index (χ4n) is 8.48. The van der Waals surface area contributed by atoms with E-state index in [-0.39, 0.29) is 5.41 Å². The topological polar surface area (TPSA) is 16.1 Å². The van der Waals surface area contributed by atoms with Gasteiger partial charge in [0.2, 0.25) is 0 Å². The SMILES string of the molecule is CC1(C)c2c(ccc3cc(-c4ccccn4)ccc23)-c2ccc3cc(N(c4ccc5ccccc5c4)c4ccc5ccccc5c4)ccc3c21. The largest absolute Gasteiger partial charge is 0.310 e. The van der Waals surface area contributed by atoms with Gasteiger partial charge in [-0.3, -0.25) is 4.98 Å². The van der Waals surface area contributed by atoms with E-state index in [0.29, 0.717) is 0 Å². The number of aromatic nitrogens is 1. The van der Waals surface area contributed by atoms with Crippen LogP contribution in [0.4, 0.5) is 17.1 Å². The number of hydrogen-bond acceptors (Lipinski definition) is 2. The highest BCUT2D eigenvalue weighted by molar-refractivity contribution is 6.05. The van der Waals surface area contributed by atoms with Gasteiger partial charge in [0, 0.05) is 34.2 Å². The third kappa shape index (κ3) is 4.38. The highest BCUT2D eigenvalue weighted by atomic mass is 15.1. The molecule has 0 spiro atoms. The Morgan fingerprint density at radius 3 is 1.48 bits per heavy atom. The Hall–Kier alpha value is -6.25. The maximum absolute atomic E-state index is 4.60.